The Morgan fingerprint density at radius 1 is 0.275 bits per heavy atom. The summed E-state index contributed by atoms with van der Waals surface area (Å²) in [5.74, 6) is 0.253. The molecule has 0 N–H and O–H groups in total. The molecule has 0 fully saturated rings. The van der Waals surface area contributed by atoms with Crippen LogP contribution in [0.4, 0.5) is 0 Å². The molecule has 0 aliphatic heterocycles. The lowest BCUT2D eigenvalue weighted by Gasteiger charge is -2.09. The third kappa shape index (κ3) is 24.5. The first-order valence-electron chi connectivity index (χ1n) is 26.3. The summed E-state index contributed by atoms with van der Waals surface area (Å²) in [6, 6.07) is 26.5. The van der Waals surface area contributed by atoms with Crippen LogP contribution in [0.5, 0.6) is 23.0 Å². The van der Waals surface area contributed by atoms with Gasteiger partial charge in [0.25, 0.3) is 0 Å². The Morgan fingerprint density at radius 2 is 0.507 bits per heavy atom. The summed E-state index contributed by atoms with van der Waals surface area (Å²) in [6.45, 7) is 6.39. The molecule has 0 aliphatic carbocycles. The lowest BCUT2D eigenvalue weighted by Crippen LogP contribution is -2.09. The molecule has 0 unspecified atom stereocenters. The first-order valence-corrected chi connectivity index (χ1v) is 26.3. The summed E-state index contributed by atoms with van der Waals surface area (Å²) < 4.78 is 33.6. The minimum absolute atomic E-state index is 0.287. The molecular formula is C59H80O10. The molecule has 0 bridgehead atoms. The van der Waals surface area contributed by atoms with Gasteiger partial charge in [-0.15, -0.1) is 0 Å². The molecule has 0 saturated heterocycles. The van der Waals surface area contributed by atoms with Gasteiger partial charge < -0.3 is 28.4 Å². The van der Waals surface area contributed by atoms with E-state index in [9.17, 15) is 19.2 Å². The molecule has 0 aliphatic rings. The van der Waals surface area contributed by atoms with E-state index in [0.29, 0.717) is 59.8 Å². The molecule has 0 atom stereocenters. The second kappa shape index (κ2) is 35.5. The summed E-state index contributed by atoms with van der Waals surface area (Å²) in [5.41, 5.74) is 1.57. The van der Waals surface area contributed by atoms with Gasteiger partial charge in [0.1, 0.15) is 23.0 Å². The van der Waals surface area contributed by atoms with E-state index in [-0.39, 0.29) is 13.2 Å². The molecule has 0 spiro atoms. The zero-order valence-electron chi connectivity index (χ0n) is 41.8. The van der Waals surface area contributed by atoms with E-state index in [1.165, 1.54) is 103 Å². The Kier molecular flexibility index (Phi) is 28.8. The van der Waals surface area contributed by atoms with Crippen LogP contribution in [0.25, 0.3) is 0 Å². The van der Waals surface area contributed by atoms with E-state index in [0.717, 1.165) is 56.4 Å². The Morgan fingerprint density at radius 3 is 0.797 bits per heavy atom. The molecular weight excluding hydrogens is 869 g/mol. The smallest absolute Gasteiger partial charge is 0.343 e. The molecule has 0 heterocycles. The number of hydrogen-bond acceptors (Lipinski definition) is 10. The van der Waals surface area contributed by atoms with Crippen molar-refractivity contribution in [3.05, 3.63) is 119 Å². The molecule has 10 nitrogen and oxygen atoms in total. The lowest BCUT2D eigenvalue weighted by molar-refractivity contribution is 0.0496. The van der Waals surface area contributed by atoms with Crippen LogP contribution in [0.2, 0.25) is 0 Å². The summed E-state index contributed by atoms with van der Waals surface area (Å²) in [4.78, 5) is 50.6. The van der Waals surface area contributed by atoms with E-state index in [1.54, 1.807) is 97.1 Å². The number of hydrogen-bond donors (Lipinski definition) is 0. The predicted molar refractivity (Wildman–Crippen MR) is 274 cm³/mol. The maximum absolute atomic E-state index is 12.7. The first kappa shape index (κ1) is 56.0. The van der Waals surface area contributed by atoms with Crippen molar-refractivity contribution >= 4 is 23.9 Å². The van der Waals surface area contributed by atoms with E-state index >= 15 is 0 Å². The molecule has 4 aromatic rings. The number of carbonyl (C=O) groups is 4. The van der Waals surface area contributed by atoms with Crippen molar-refractivity contribution in [2.24, 2.45) is 0 Å². The van der Waals surface area contributed by atoms with E-state index in [2.05, 4.69) is 13.8 Å². The molecule has 0 saturated carbocycles. The lowest BCUT2D eigenvalue weighted by atomic mass is 10.1. The third-order valence-corrected chi connectivity index (χ3v) is 12.1. The van der Waals surface area contributed by atoms with E-state index < -0.39 is 23.9 Å². The molecule has 0 aromatic heterocycles. The Hall–Kier alpha value is -5.64. The summed E-state index contributed by atoms with van der Waals surface area (Å²) in [7, 11) is 0. The van der Waals surface area contributed by atoms with Crippen LogP contribution in [0.1, 0.15) is 216 Å². The van der Waals surface area contributed by atoms with Crippen LogP contribution in [-0.2, 0) is 9.47 Å². The second-order valence-electron chi connectivity index (χ2n) is 18.0. The van der Waals surface area contributed by atoms with Gasteiger partial charge in [-0.1, -0.05) is 149 Å². The fourth-order valence-electron chi connectivity index (χ4n) is 7.81. The monoisotopic (exact) mass is 949 g/mol. The zero-order chi connectivity index (χ0) is 49.0. The second-order valence-corrected chi connectivity index (χ2v) is 18.0. The van der Waals surface area contributed by atoms with Crippen molar-refractivity contribution in [2.45, 2.75) is 174 Å². The molecule has 376 valence electrons. The van der Waals surface area contributed by atoms with Crippen LogP contribution in [-0.4, -0.2) is 50.3 Å². The highest BCUT2D eigenvalue weighted by atomic mass is 16.5. The number of carbonyl (C=O) groups excluding carboxylic acids is 4. The van der Waals surface area contributed by atoms with Gasteiger partial charge in [-0.25, -0.2) is 19.2 Å². The topological polar surface area (TPSA) is 124 Å². The highest BCUT2D eigenvalue weighted by Crippen LogP contribution is 2.21. The zero-order valence-corrected chi connectivity index (χ0v) is 41.8. The van der Waals surface area contributed by atoms with Gasteiger partial charge in [0.15, 0.2) is 0 Å². The third-order valence-electron chi connectivity index (χ3n) is 12.1. The number of ether oxygens (including phenoxy) is 6. The standard InChI is InChI=1S/C59H80O10/c1-3-5-7-9-11-13-15-17-20-24-44-64-52-36-28-50(29-37-52)58(62)68-54-40-32-48(33-41-54)56(60)66-46-26-22-19-23-27-47-67-57(61)49-34-42-55(43-35-49)69-59(63)51-30-38-53(39-31-51)65-45-25-21-18-16-14-12-10-8-6-4-2/h28-43H,3-27,44-47H2,1-2H3. The van der Waals surface area contributed by atoms with Gasteiger partial charge in [-0.3, -0.25) is 0 Å². The highest BCUT2D eigenvalue weighted by Gasteiger charge is 2.14. The van der Waals surface area contributed by atoms with Gasteiger partial charge in [-0.2, -0.15) is 0 Å². The number of esters is 4. The average molecular weight is 949 g/mol. The van der Waals surface area contributed by atoms with Gasteiger partial charge in [0, 0.05) is 0 Å². The minimum atomic E-state index is -0.491. The molecule has 0 radical (unpaired) electrons. The van der Waals surface area contributed by atoms with Crippen molar-refractivity contribution in [1.82, 2.24) is 0 Å². The first-order chi connectivity index (χ1) is 33.9. The maximum Gasteiger partial charge on any atom is 0.343 e. The van der Waals surface area contributed by atoms with Crippen LogP contribution < -0.4 is 18.9 Å². The molecule has 0 amide bonds. The van der Waals surface area contributed by atoms with Crippen molar-refractivity contribution in [2.75, 3.05) is 26.4 Å². The average Bonchev–Trinajstić information content (AvgIpc) is 3.37. The largest absolute Gasteiger partial charge is 0.494 e. The fraction of sp³-hybridized carbons (Fsp3) is 0.525. The quantitative estimate of drug-likeness (QED) is 0.0244. The number of benzene rings is 4. The normalized spacial score (nSPS) is 10.9. The van der Waals surface area contributed by atoms with E-state index in [4.69, 9.17) is 28.4 Å². The SMILES string of the molecule is CCCCCCCCCCCCOc1ccc(C(=O)Oc2ccc(C(=O)OCCCCCCCOC(=O)c3ccc(OC(=O)c4ccc(OCCCCCCCCCCCC)cc4)cc3)cc2)cc1. The highest BCUT2D eigenvalue weighted by molar-refractivity contribution is 5.93. The summed E-state index contributed by atoms with van der Waals surface area (Å²) in [5, 5.41) is 0. The predicted octanol–water partition coefficient (Wildman–Crippen LogP) is 15.7. The number of unbranched alkanes of at least 4 members (excludes halogenated alkanes) is 22. The molecule has 4 aromatic carbocycles. The van der Waals surface area contributed by atoms with E-state index in [1.807, 2.05) is 0 Å². The van der Waals surface area contributed by atoms with Crippen molar-refractivity contribution < 1.29 is 47.6 Å². The van der Waals surface area contributed by atoms with Gasteiger partial charge in [-0.05, 0) is 123 Å². The van der Waals surface area contributed by atoms with Crippen molar-refractivity contribution in [3.63, 3.8) is 0 Å². The van der Waals surface area contributed by atoms with Gasteiger partial charge >= 0.3 is 23.9 Å². The maximum atomic E-state index is 12.7. The van der Waals surface area contributed by atoms with Crippen LogP contribution >= 0.6 is 0 Å². The Balaban J connectivity index is 0.980. The van der Waals surface area contributed by atoms with Gasteiger partial charge in [0.2, 0.25) is 0 Å². The minimum Gasteiger partial charge on any atom is -0.494 e. The molecule has 69 heavy (non-hydrogen) atoms. The van der Waals surface area contributed by atoms with Crippen LogP contribution in [0.15, 0.2) is 97.1 Å². The van der Waals surface area contributed by atoms with Crippen molar-refractivity contribution in [3.8, 4) is 23.0 Å². The Bertz CT molecular complexity index is 1850. The fourth-order valence-corrected chi connectivity index (χ4v) is 7.81. The summed E-state index contributed by atoms with van der Waals surface area (Å²) in [6.07, 6.45) is 29.5. The summed E-state index contributed by atoms with van der Waals surface area (Å²) >= 11 is 0. The van der Waals surface area contributed by atoms with Crippen molar-refractivity contribution in [1.29, 1.82) is 0 Å². The van der Waals surface area contributed by atoms with Crippen LogP contribution in [0.3, 0.4) is 0 Å². The van der Waals surface area contributed by atoms with Crippen LogP contribution in [0, 0.1) is 0 Å². The van der Waals surface area contributed by atoms with Gasteiger partial charge in [0.05, 0.1) is 48.7 Å². The molecule has 10 heteroatoms. The Labute approximate surface area is 413 Å². The molecule has 4 rings (SSSR count). The number of rotatable bonds is 38.